The van der Waals surface area contributed by atoms with Crippen LogP contribution in [-0.4, -0.2) is 32.8 Å². The molecule has 0 bridgehead atoms. The Bertz CT molecular complexity index is 413. The molecule has 1 saturated heterocycles. The molecule has 0 saturated carbocycles. The fourth-order valence-electron chi connectivity index (χ4n) is 2.77. The van der Waals surface area contributed by atoms with Gasteiger partial charge in [-0.1, -0.05) is 26.0 Å². The Labute approximate surface area is 123 Å². The van der Waals surface area contributed by atoms with E-state index in [4.69, 9.17) is 10.5 Å². The number of hydrogen-bond acceptors (Lipinski definition) is 3. The van der Waals surface area contributed by atoms with Gasteiger partial charge >= 0.3 is 0 Å². The molecule has 1 atom stereocenters. The molecule has 1 aliphatic heterocycles. The van der Waals surface area contributed by atoms with Crippen LogP contribution in [-0.2, 0) is 11.2 Å². The lowest BCUT2D eigenvalue weighted by Gasteiger charge is -2.32. The summed E-state index contributed by atoms with van der Waals surface area (Å²) >= 11 is 0. The first kappa shape index (κ1) is 15.3. The maximum absolute atomic E-state index is 5.63. The van der Waals surface area contributed by atoms with Gasteiger partial charge in [0.1, 0.15) is 0 Å². The van der Waals surface area contributed by atoms with E-state index in [0.717, 1.165) is 45.7 Å². The van der Waals surface area contributed by atoms with Crippen molar-refractivity contribution in [3.8, 4) is 0 Å². The molecular weight excluding hydrogens is 248 g/mol. The van der Waals surface area contributed by atoms with E-state index in [1.807, 2.05) is 0 Å². The highest BCUT2D eigenvalue weighted by atomic mass is 16.5. The average molecular weight is 276 g/mol. The highest BCUT2D eigenvalue weighted by Crippen LogP contribution is 2.31. The lowest BCUT2D eigenvalue weighted by Crippen LogP contribution is -2.36. The molecule has 20 heavy (non-hydrogen) atoms. The molecule has 0 amide bonds. The molecule has 1 aliphatic rings. The fraction of sp³-hybridized carbons (Fsp3) is 0.647. The molecule has 1 aromatic carbocycles. The van der Waals surface area contributed by atoms with Crippen molar-refractivity contribution >= 4 is 5.69 Å². The fourth-order valence-corrected chi connectivity index (χ4v) is 2.77. The second-order valence-electron chi connectivity index (χ2n) is 5.69. The molecule has 2 rings (SSSR count). The van der Waals surface area contributed by atoms with E-state index in [9.17, 15) is 0 Å². The van der Waals surface area contributed by atoms with Crippen LogP contribution < -0.4 is 10.6 Å². The lowest BCUT2D eigenvalue weighted by molar-refractivity contribution is 0.122. The van der Waals surface area contributed by atoms with Crippen LogP contribution in [0.15, 0.2) is 18.2 Å². The summed E-state index contributed by atoms with van der Waals surface area (Å²) in [5.41, 5.74) is 9.94. The summed E-state index contributed by atoms with van der Waals surface area (Å²) in [5, 5.41) is 0. The van der Waals surface area contributed by atoms with Crippen molar-refractivity contribution in [2.75, 3.05) is 37.7 Å². The number of anilines is 1. The van der Waals surface area contributed by atoms with Crippen molar-refractivity contribution in [3.05, 3.63) is 29.3 Å². The van der Waals surface area contributed by atoms with Crippen LogP contribution in [0.3, 0.4) is 0 Å². The Kier molecular flexibility index (Phi) is 5.86. The zero-order valence-electron chi connectivity index (χ0n) is 12.9. The van der Waals surface area contributed by atoms with E-state index in [1.54, 1.807) is 0 Å². The van der Waals surface area contributed by atoms with Gasteiger partial charge in [0.2, 0.25) is 0 Å². The number of hydrogen-bond donors (Lipinski definition) is 1. The van der Waals surface area contributed by atoms with Crippen molar-refractivity contribution in [2.24, 2.45) is 5.73 Å². The molecule has 1 unspecified atom stereocenters. The largest absolute Gasteiger partial charge is 0.378 e. The quantitative estimate of drug-likeness (QED) is 0.868. The number of benzene rings is 1. The maximum atomic E-state index is 5.63. The van der Waals surface area contributed by atoms with Crippen LogP contribution in [0, 0.1) is 0 Å². The molecule has 1 heterocycles. The van der Waals surface area contributed by atoms with Crippen molar-refractivity contribution in [1.82, 2.24) is 0 Å². The molecule has 2 N–H and O–H groups in total. The highest BCUT2D eigenvalue weighted by molar-refractivity contribution is 5.57. The molecule has 0 aromatic heterocycles. The minimum Gasteiger partial charge on any atom is -0.378 e. The lowest BCUT2D eigenvalue weighted by atomic mass is 9.93. The van der Waals surface area contributed by atoms with Gasteiger partial charge in [-0.05, 0) is 48.9 Å². The van der Waals surface area contributed by atoms with Crippen molar-refractivity contribution in [2.45, 2.75) is 39.0 Å². The van der Waals surface area contributed by atoms with Crippen LogP contribution in [0.25, 0.3) is 0 Å². The SMILES string of the molecule is CCC(C)c1cc(CCCN)ccc1N1CCOCC1. The van der Waals surface area contributed by atoms with E-state index in [-0.39, 0.29) is 0 Å². The van der Waals surface area contributed by atoms with Gasteiger partial charge in [-0.3, -0.25) is 0 Å². The van der Waals surface area contributed by atoms with E-state index >= 15 is 0 Å². The molecule has 112 valence electrons. The smallest absolute Gasteiger partial charge is 0.0642 e. The van der Waals surface area contributed by atoms with Crippen LogP contribution in [0.4, 0.5) is 5.69 Å². The molecule has 3 nitrogen and oxygen atoms in total. The summed E-state index contributed by atoms with van der Waals surface area (Å²) in [4.78, 5) is 2.47. The predicted octanol–water partition coefficient (Wildman–Crippen LogP) is 2.93. The molecule has 1 fully saturated rings. The number of ether oxygens (including phenoxy) is 1. The Morgan fingerprint density at radius 1 is 1.30 bits per heavy atom. The topological polar surface area (TPSA) is 38.5 Å². The molecule has 1 aromatic rings. The van der Waals surface area contributed by atoms with Crippen molar-refractivity contribution in [1.29, 1.82) is 0 Å². The number of nitrogens with two attached hydrogens (primary N) is 1. The highest BCUT2D eigenvalue weighted by Gasteiger charge is 2.17. The Morgan fingerprint density at radius 2 is 2.05 bits per heavy atom. The van der Waals surface area contributed by atoms with Crippen LogP contribution in [0.5, 0.6) is 0 Å². The molecule has 0 radical (unpaired) electrons. The van der Waals surface area contributed by atoms with Crippen molar-refractivity contribution < 1.29 is 4.74 Å². The average Bonchev–Trinajstić information content (AvgIpc) is 2.52. The van der Waals surface area contributed by atoms with Crippen LogP contribution in [0.2, 0.25) is 0 Å². The summed E-state index contributed by atoms with van der Waals surface area (Å²) < 4.78 is 5.47. The van der Waals surface area contributed by atoms with Gasteiger partial charge in [0.15, 0.2) is 0 Å². The number of nitrogens with zero attached hydrogens (tertiary/aromatic N) is 1. The van der Waals surface area contributed by atoms with E-state index in [2.05, 4.69) is 36.9 Å². The van der Waals surface area contributed by atoms with Gasteiger partial charge in [0, 0.05) is 18.8 Å². The predicted molar refractivity (Wildman–Crippen MR) is 85.6 cm³/mol. The first-order valence-corrected chi connectivity index (χ1v) is 7.91. The number of aryl methyl sites for hydroxylation is 1. The van der Waals surface area contributed by atoms with Crippen molar-refractivity contribution in [3.63, 3.8) is 0 Å². The first-order chi connectivity index (χ1) is 9.76. The third-order valence-corrected chi connectivity index (χ3v) is 4.26. The van der Waals surface area contributed by atoms with E-state index in [1.165, 1.54) is 23.2 Å². The molecule has 3 heteroatoms. The van der Waals surface area contributed by atoms with Gasteiger partial charge < -0.3 is 15.4 Å². The maximum Gasteiger partial charge on any atom is 0.0642 e. The Balaban J connectivity index is 2.24. The third-order valence-electron chi connectivity index (χ3n) is 4.26. The third kappa shape index (κ3) is 3.74. The minimum atomic E-state index is 0.602. The second-order valence-corrected chi connectivity index (χ2v) is 5.69. The standard InChI is InChI=1S/C17H28N2O/c1-3-14(2)16-13-15(5-4-8-18)6-7-17(16)19-9-11-20-12-10-19/h6-7,13-14H,3-5,8-12,18H2,1-2H3. The summed E-state index contributed by atoms with van der Waals surface area (Å²) in [7, 11) is 0. The minimum absolute atomic E-state index is 0.602. The second kappa shape index (κ2) is 7.65. The zero-order chi connectivity index (χ0) is 14.4. The van der Waals surface area contributed by atoms with Gasteiger partial charge in [-0.15, -0.1) is 0 Å². The number of morpholine rings is 1. The Hall–Kier alpha value is -1.06. The summed E-state index contributed by atoms with van der Waals surface area (Å²) in [6.07, 6.45) is 3.33. The summed E-state index contributed by atoms with van der Waals surface area (Å²) in [6.45, 7) is 9.05. The van der Waals surface area contributed by atoms with Crippen LogP contribution in [0.1, 0.15) is 43.7 Å². The van der Waals surface area contributed by atoms with Crippen LogP contribution >= 0.6 is 0 Å². The van der Waals surface area contributed by atoms with Gasteiger partial charge in [-0.25, -0.2) is 0 Å². The normalized spacial score (nSPS) is 17.2. The monoisotopic (exact) mass is 276 g/mol. The van der Waals surface area contributed by atoms with Gasteiger partial charge in [0.05, 0.1) is 13.2 Å². The molecule has 0 spiro atoms. The molecule has 0 aliphatic carbocycles. The zero-order valence-corrected chi connectivity index (χ0v) is 12.9. The summed E-state index contributed by atoms with van der Waals surface area (Å²) in [5.74, 6) is 0.602. The van der Waals surface area contributed by atoms with Gasteiger partial charge in [0.25, 0.3) is 0 Å². The van der Waals surface area contributed by atoms with E-state index in [0.29, 0.717) is 5.92 Å². The first-order valence-electron chi connectivity index (χ1n) is 7.91. The van der Waals surface area contributed by atoms with Gasteiger partial charge in [-0.2, -0.15) is 0 Å². The van der Waals surface area contributed by atoms with E-state index < -0.39 is 0 Å². The Morgan fingerprint density at radius 3 is 2.70 bits per heavy atom. The summed E-state index contributed by atoms with van der Waals surface area (Å²) in [6, 6.07) is 6.97. The number of rotatable bonds is 6. The molecular formula is C17H28N2O.